The van der Waals surface area contributed by atoms with Gasteiger partial charge in [0, 0.05) is 36.0 Å². The highest BCUT2D eigenvalue weighted by Gasteiger charge is 2.37. The first kappa shape index (κ1) is 28.2. The van der Waals surface area contributed by atoms with Crippen LogP contribution in [0.15, 0.2) is 54.6 Å². The lowest BCUT2D eigenvalue weighted by atomic mass is 9.99. The molecule has 1 aliphatic carbocycles. The van der Waals surface area contributed by atoms with E-state index in [2.05, 4.69) is 23.1 Å². The van der Waals surface area contributed by atoms with Crippen molar-refractivity contribution in [3.63, 3.8) is 0 Å². The van der Waals surface area contributed by atoms with E-state index in [0.717, 1.165) is 46.4 Å². The molecule has 2 heterocycles. The maximum atomic E-state index is 13.8. The molecule has 1 saturated carbocycles. The molecule has 2 aromatic carbocycles. The van der Waals surface area contributed by atoms with Gasteiger partial charge in [-0.1, -0.05) is 30.4 Å². The second kappa shape index (κ2) is 10.9. The summed E-state index contributed by atoms with van der Waals surface area (Å²) in [4.78, 5) is 19.8. The highest BCUT2D eigenvalue weighted by atomic mass is 19.1. The summed E-state index contributed by atoms with van der Waals surface area (Å²) in [7, 11) is 2.01. The number of hydrogen-bond donors (Lipinski definition) is 0. The van der Waals surface area contributed by atoms with Gasteiger partial charge in [0.15, 0.2) is 5.79 Å². The molecule has 1 saturated heterocycles. The van der Waals surface area contributed by atoms with Gasteiger partial charge in [0.2, 0.25) is 0 Å². The van der Waals surface area contributed by atoms with E-state index in [1.165, 1.54) is 12.1 Å². The van der Waals surface area contributed by atoms with Crippen LogP contribution in [0.1, 0.15) is 77.5 Å². The van der Waals surface area contributed by atoms with Crippen LogP contribution in [0.25, 0.3) is 17.0 Å². The van der Waals surface area contributed by atoms with Crippen molar-refractivity contribution >= 4 is 34.3 Å². The Morgan fingerprint density at radius 1 is 1.12 bits per heavy atom. The first-order chi connectivity index (χ1) is 18.9. The normalized spacial score (nSPS) is 21.1. The fourth-order valence-electron chi connectivity index (χ4n) is 5.38. The third-order valence-corrected chi connectivity index (χ3v) is 7.12. The molecule has 1 aromatic heterocycles. The third kappa shape index (κ3) is 6.70. The molecule has 1 aliphatic heterocycles. The number of rotatable bonds is 7. The molecular formula is C33H39FN2O4. The van der Waals surface area contributed by atoms with Crippen LogP contribution >= 0.6 is 0 Å². The molecule has 7 heteroatoms. The molecule has 0 amide bonds. The topological polar surface area (TPSA) is 60.9 Å². The second-order valence-electron chi connectivity index (χ2n) is 12.3. The number of ether oxygens (including phenoxy) is 3. The number of carbonyl (C=O) groups is 1. The first-order valence-corrected chi connectivity index (χ1v) is 14.1. The van der Waals surface area contributed by atoms with Gasteiger partial charge >= 0.3 is 5.97 Å². The van der Waals surface area contributed by atoms with Crippen molar-refractivity contribution in [3.05, 3.63) is 71.7 Å². The number of para-hydroxylation sites is 1. The zero-order valence-electron chi connectivity index (χ0n) is 24.2. The molecule has 3 aromatic rings. The molecule has 2 aliphatic rings. The number of hydrogen-bond acceptors (Lipinski definition) is 6. The van der Waals surface area contributed by atoms with Crippen LogP contribution in [0, 0.1) is 5.82 Å². The molecule has 5 rings (SSSR count). The summed E-state index contributed by atoms with van der Waals surface area (Å²) in [6, 6.07) is 14.7. The summed E-state index contributed by atoms with van der Waals surface area (Å²) in [5.74, 6) is -1.00. The minimum atomic E-state index is -0.853. The Labute approximate surface area is 236 Å². The molecule has 2 atom stereocenters. The Morgan fingerprint density at radius 3 is 2.50 bits per heavy atom. The van der Waals surface area contributed by atoms with Crippen molar-refractivity contribution in [3.8, 4) is 0 Å². The zero-order valence-corrected chi connectivity index (χ0v) is 24.2. The summed E-state index contributed by atoms with van der Waals surface area (Å²) in [5, 5.41) is 1.02. The lowest BCUT2D eigenvalue weighted by Crippen LogP contribution is -2.45. The quantitative estimate of drug-likeness (QED) is 0.283. The predicted molar refractivity (Wildman–Crippen MR) is 156 cm³/mol. The summed E-state index contributed by atoms with van der Waals surface area (Å²) in [6.45, 7) is 9.33. The molecule has 6 nitrogen and oxygen atoms in total. The fourth-order valence-corrected chi connectivity index (χ4v) is 5.38. The van der Waals surface area contributed by atoms with Crippen LogP contribution in [-0.4, -0.2) is 41.6 Å². The number of fused-ring (bicyclic) bond motifs is 1. The zero-order chi connectivity index (χ0) is 28.7. The van der Waals surface area contributed by atoms with E-state index in [9.17, 15) is 9.18 Å². The van der Waals surface area contributed by atoms with Gasteiger partial charge < -0.3 is 19.1 Å². The van der Waals surface area contributed by atoms with Gasteiger partial charge in [-0.05, 0) is 77.8 Å². The van der Waals surface area contributed by atoms with E-state index in [1.807, 2.05) is 59.9 Å². The minimum absolute atomic E-state index is 0.164. The average molecular weight is 547 g/mol. The molecular weight excluding hydrogens is 507 g/mol. The van der Waals surface area contributed by atoms with Crippen molar-refractivity contribution in [1.82, 2.24) is 4.98 Å². The highest BCUT2D eigenvalue weighted by Crippen LogP contribution is 2.46. The van der Waals surface area contributed by atoms with Crippen LogP contribution in [-0.2, 0) is 19.0 Å². The van der Waals surface area contributed by atoms with Gasteiger partial charge in [-0.25, -0.2) is 4.39 Å². The van der Waals surface area contributed by atoms with Gasteiger partial charge in [0.1, 0.15) is 11.4 Å². The van der Waals surface area contributed by atoms with Crippen molar-refractivity contribution in [1.29, 1.82) is 0 Å². The number of esters is 1. The van der Waals surface area contributed by atoms with Crippen LogP contribution < -0.4 is 4.90 Å². The van der Waals surface area contributed by atoms with Gasteiger partial charge in [0.05, 0.1) is 35.5 Å². The largest absolute Gasteiger partial charge is 0.460 e. The molecule has 212 valence electrons. The van der Waals surface area contributed by atoms with Crippen molar-refractivity contribution < 1.29 is 23.4 Å². The standard InChI is InChI=1S/C33H39FN2O4/c1-32(2,3)40-29(37)20-25-19-24(38-33(4,5)39-25)17-18-27-30(21-11-12-21)35-28-10-8-7-9-26(28)31(27)36(6)23-15-13-22(34)14-16-23/h7-10,13-18,21,24-25H,11-12,19-20H2,1-6H3/b18-17+/t24-,25-/m1/s1. The number of halogens is 1. The Hall–Kier alpha value is -3.29. The minimum Gasteiger partial charge on any atom is -0.460 e. The monoisotopic (exact) mass is 546 g/mol. The maximum absolute atomic E-state index is 13.8. The maximum Gasteiger partial charge on any atom is 0.308 e. The Kier molecular flexibility index (Phi) is 7.73. The lowest BCUT2D eigenvalue weighted by Gasteiger charge is -2.40. The van der Waals surface area contributed by atoms with Crippen molar-refractivity contribution in [2.75, 3.05) is 11.9 Å². The number of benzene rings is 2. The van der Waals surface area contributed by atoms with E-state index in [4.69, 9.17) is 19.2 Å². The van der Waals surface area contributed by atoms with E-state index in [0.29, 0.717) is 12.3 Å². The van der Waals surface area contributed by atoms with E-state index >= 15 is 0 Å². The second-order valence-corrected chi connectivity index (χ2v) is 12.3. The molecule has 2 fully saturated rings. The number of pyridine rings is 1. The summed E-state index contributed by atoms with van der Waals surface area (Å²) in [6.07, 6.45) is 6.48. The smallest absolute Gasteiger partial charge is 0.308 e. The van der Waals surface area contributed by atoms with Gasteiger partial charge in [0.25, 0.3) is 0 Å². The Balaban J connectivity index is 1.51. The number of nitrogens with zero attached hydrogens (tertiary/aromatic N) is 2. The van der Waals surface area contributed by atoms with Crippen LogP contribution in [0.3, 0.4) is 0 Å². The summed E-state index contributed by atoms with van der Waals surface area (Å²) < 4.78 is 31.7. The van der Waals surface area contributed by atoms with Crippen LogP contribution in [0.2, 0.25) is 0 Å². The molecule has 0 unspecified atom stereocenters. The Morgan fingerprint density at radius 2 is 1.82 bits per heavy atom. The van der Waals surface area contributed by atoms with Crippen LogP contribution in [0.4, 0.5) is 15.8 Å². The predicted octanol–water partition coefficient (Wildman–Crippen LogP) is 7.67. The van der Waals surface area contributed by atoms with E-state index in [-0.39, 0.29) is 30.4 Å². The fraction of sp³-hybridized carbons (Fsp3) is 0.455. The molecule has 0 bridgehead atoms. The molecule has 40 heavy (non-hydrogen) atoms. The summed E-state index contributed by atoms with van der Waals surface area (Å²) in [5.41, 5.74) is 4.39. The molecule has 0 spiro atoms. The van der Waals surface area contributed by atoms with Crippen molar-refractivity contribution in [2.45, 2.75) is 89.8 Å². The third-order valence-electron chi connectivity index (χ3n) is 7.12. The number of anilines is 2. The Bertz CT molecular complexity index is 1410. The lowest BCUT2D eigenvalue weighted by molar-refractivity contribution is -0.290. The van der Waals surface area contributed by atoms with E-state index in [1.54, 1.807) is 12.1 Å². The molecule has 0 N–H and O–H groups in total. The van der Waals surface area contributed by atoms with Gasteiger partial charge in [-0.3, -0.25) is 9.78 Å². The van der Waals surface area contributed by atoms with Gasteiger partial charge in [-0.2, -0.15) is 0 Å². The number of carbonyl (C=O) groups excluding carboxylic acids is 1. The van der Waals surface area contributed by atoms with Crippen LogP contribution in [0.5, 0.6) is 0 Å². The molecule has 0 radical (unpaired) electrons. The first-order valence-electron chi connectivity index (χ1n) is 14.1. The SMILES string of the molecule is CN(c1ccc(F)cc1)c1c(/C=C/[C@@H]2C[C@H](CC(=O)OC(C)(C)C)OC(C)(C)O2)c(C2CC2)nc2ccccc12. The average Bonchev–Trinajstić information content (AvgIpc) is 3.70. The highest BCUT2D eigenvalue weighted by molar-refractivity contribution is 5.99. The van der Waals surface area contributed by atoms with E-state index < -0.39 is 11.4 Å². The number of aromatic nitrogens is 1. The summed E-state index contributed by atoms with van der Waals surface area (Å²) >= 11 is 0. The van der Waals surface area contributed by atoms with Gasteiger partial charge in [-0.15, -0.1) is 0 Å². The van der Waals surface area contributed by atoms with Crippen molar-refractivity contribution in [2.24, 2.45) is 0 Å².